The predicted octanol–water partition coefficient (Wildman–Crippen LogP) is 2.20. The van der Waals surface area contributed by atoms with Gasteiger partial charge in [-0.3, -0.25) is 14.4 Å². The first-order chi connectivity index (χ1) is 12.0. The minimum absolute atomic E-state index is 0.140. The first-order valence-electron chi connectivity index (χ1n) is 8.20. The molecule has 0 bridgehead atoms. The van der Waals surface area contributed by atoms with Crippen LogP contribution in [-0.2, 0) is 16.0 Å². The van der Waals surface area contributed by atoms with Crippen LogP contribution in [0, 0.1) is 5.92 Å². The average molecular weight is 335 g/mol. The maximum Gasteiger partial charge on any atom is 0.223 e. The number of carbonyl (C=O) groups excluding carboxylic acids is 3. The molecule has 2 aromatic rings. The zero-order valence-corrected chi connectivity index (χ0v) is 13.7. The Morgan fingerprint density at radius 1 is 1.04 bits per heavy atom. The molecule has 0 aliphatic heterocycles. The molecule has 0 radical (unpaired) electrons. The number of amides is 1. The lowest BCUT2D eigenvalue weighted by molar-refractivity contribution is -0.127. The topological polar surface area (TPSA) is 86.5 Å². The van der Waals surface area contributed by atoms with Crippen molar-refractivity contribution < 1.29 is 19.1 Å². The Bertz CT molecular complexity index is 931. The molecular formula is C20H17NO4. The molecular weight excluding hydrogens is 318 g/mol. The second-order valence-electron chi connectivity index (χ2n) is 6.50. The van der Waals surface area contributed by atoms with Crippen molar-refractivity contribution in [3.05, 3.63) is 69.8 Å². The number of methoxy groups -OCH3 is 1. The summed E-state index contributed by atoms with van der Waals surface area (Å²) in [6.45, 7) is 0. The van der Waals surface area contributed by atoms with E-state index in [1.807, 2.05) is 0 Å². The number of hydrogen-bond donors (Lipinski definition) is 1. The molecule has 126 valence electrons. The molecule has 2 unspecified atom stereocenters. The Morgan fingerprint density at radius 3 is 2.20 bits per heavy atom. The standard InChI is InChI=1S/C20H17NO4/c1-25-19-13(20(21)24)7-6-10-8-15-16(9-14(10)19)18(23)12-5-3-2-4-11(12)17(15)22/h2-5,8-9,13,19H,6-7H2,1H3,(H2,21,24). The van der Waals surface area contributed by atoms with Crippen molar-refractivity contribution in [2.24, 2.45) is 11.7 Å². The molecule has 0 fully saturated rings. The van der Waals surface area contributed by atoms with Crippen LogP contribution in [0.15, 0.2) is 36.4 Å². The third kappa shape index (κ3) is 2.23. The van der Waals surface area contributed by atoms with Crippen molar-refractivity contribution in [1.29, 1.82) is 0 Å². The highest BCUT2D eigenvalue weighted by Crippen LogP contribution is 2.40. The number of rotatable bonds is 2. The predicted molar refractivity (Wildman–Crippen MR) is 90.5 cm³/mol. The number of fused-ring (bicyclic) bond motifs is 3. The molecule has 0 saturated carbocycles. The van der Waals surface area contributed by atoms with Gasteiger partial charge in [-0.15, -0.1) is 0 Å². The van der Waals surface area contributed by atoms with Crippen molar-refractivity contribution in [2.45, 2.75) is 18.9 Å². The summed E-state index contributed by atoms with van der Waals surface area (Å²) in [4.78, 5) is 37.4. The molecule has 0 spiro atoms. The van der Waals surface area contributed by atoms with Crippen LogP contribution < -0.4 is 5.73 Å². The summed E-state index contributed by atoms with van der Waals surface area (Å²) in [5.41, 5.74) is 8.86. The normalized spacial score (nSPS) is 21.3. The van der Waals surface area contributed by atoms with Crippen LogP contribution in [0.25, 0.3) is 0 Å². The molecule has 2 aliphatic rings. The van der Waals surface area contributed by atoms with Gasteiger partial charge in [-0.1, -0.05) is 24.3 Å². The van der Waals surface area contributed by atoms with Gasteiger partial charge in [0.25, 0.3) is 0 Å². The van der Waals surface area contributed by atoms with E-state index in [9.17, 15) is 14.4 Å². The maximum absolute atomic E-state index is 12.9. The third-order valence-corrected chi connectivity index (χ3v) is 5.20. The lowest BCUT2D eigenvalue weighted by Gasteiger charge is -2.32. The lowest BCUT2D eigenvalue weighted by Crippen LogP contribution is -2.34. The highest BCUT2D eigenvalue weighted by molar-refractivity contribution is 6.28. The first kappa shape index (κ1) is 15.7. The summed E-state index contributed by atoms with van der Waals surface area (Å²) >= 11 is 0. The highest BCUT2D eigenvalue weighted by atomic mass is 16.5. The molecule has 0 aromatic heterocycles. The largest absolute Gasteiger partial charge is 0.376 e. The number of primary amides is 1. The van der Waals surface area contributed by atoms with Crippen molar-refractivity contribution in [3.8, 4) is 0 Å². The number of nitrogens with two attached hydrogens (primary N) is 1. The van der Waals surface area contributed by atoms with E-state index in [2.05, 4.69) is 0 Å². The van der Waals surface area contributed by atoms with Gasteiger partial charge in [0.2, 0.25) is 5.91 Å². The monoisotopic (exact) mass is 335 g/mol. The van der Waals surface area contributed by atoms with E-state index < -0.39 is 17.9 Å². The Balaban J connectivity index is 1.90. The molecule has 0 saturated heterocycles. The Labute approximate surface area is 144 Å². The number of ketones is 2. The van der Waals surface area contributed by atoms with Crippen molar-refractivity contribution in [1.82, 2.24) is 0 Å². The fourth-order valence-electron chi connectivity index (χ4n) is 3.95. The number of hydrogen-bond acceptors (Lipinski definition) is 4. The van der Waals surface area contributed by atoms with Gasteiger partial charge in [-0.25, -0.2) is 0 Å². The van der Waals surface area contributed by atoms with Crippen LogP contribution in [0.4, 0.5) is 0 Å². The van der Waals surface area contributed by atoms with Gasteiger partial charge in [-0.05, 0) is 36.1 Å². The minimum Gasteiger partial charge on any atom is -0.376 e. The summed E-state index contributed by atoms with van der Waals surface area (Å²) in [6.07, 6.45) is 0.698. The molecule has 1 amide bonds. The quantitative estimate of drug-likeness (QED) is 0.778. The molecule has 5 nitrogen and oxygen atoms in total. The van der Waals surface area contributed by atoms with E-state index in [1.165, 1.54) is 7.11 Å². The van der Waals surface area contributed by atoms with E-state index in [-0.39, 0.29) is 11.6 Å². The fraction of sp³-hybridized carbons (Fsp3) is 0.250. The summed E-state index contributed by atoms with van der Waals surface area (Å²) < 4.78 is 5.52. The fourth-order valence-corrected chi connectivity index (χ4v) is 3.95. The Hall–Kier alpha value is -2.79. The smallest absolute Gasteiger partial charge is 0.223 e. The van der Waals surface area contributed by atoms with E-state index in [1.54, 1.807) is 36.4 Å². The number of aryl methyl sites for hydroxylation is 1. The summed E-state index contributed by atoms with van der Waals surface area (Å²) in [5, 5.41) is 0. The van der Waals surface area contributed by atoms with E-state index in [0.717, 1.165) is 11.1 Å². The summed E-state index contributed by atoms with van der Waals surface area (Å²) in [7, 11) is 1.53. The maximum atomic E-state index is 12.9. The zero-order valence-electron chi connectivity index (χ0n) is 13.7. The van der Waals surface area contributed by atoms with Gasteiger partial charge in [-0.2, -0.15) is 0 Å². The second kappa shape index (κ2) is 5.63. The van der Waals surface area contributed by atoms with E-state index in [0.29, 0.717) is 35.1 Å². The Kier molecular flexibility index (Phi) is 3.54. The molecule has 0 heterocycles. The molecule has 25 heavy (non-hydrogen) atoms. The van der Waals surface area contributed by atoms with Crippen LogP contribution >= 0.6 is 0 Å². The van der Waals surface area contributed by atoms with Gasteiger partial charge in [0.1, 0.15) is 0 Å². The van der Waals surface area contributed by atoms with Crippen LogP contribution in [0.5, 0.6) is 0 Å². The summed E-state index contributed by atoms with van der Waals surface area (Å²) in [5.74, 6) is -1.16. The second-order valence-corrected chi connectivity index (χ2v) is 6.50. The van der Waals surface area contributed by atoms with Crippen LogP contribution in [0.2, 0.25) is 0 Å². The van der Waals surface area contributed by atoms with E-state index >= 15 is 0 Å². The minimum atomic E-state index is -0.494. The molecule has 2 N–H and O–H groups in total. The lowest BCUT2D eigenvalue weighted by atomic mass is 9.76. The Morgan fingerprint density at radius 2 is 1.64 bits per heavy atom. The van der Waals surface area contributed by atoms with Gasteiger partial charge >= 0.3 is 0 Å². The molecule has 2 aromatic carbocycles. The van der Waals surface area contributed by atoms with E-state index in [4.69, 9.17) is 10.5 Å². The van der Waals surface area contributed by atoms with Gasteiger partial charge in [0.15, 0.2) is 11.6 Å². The molecule has 5 heteroatoms. The van der Waals surface area contributed by atoms with Crippen LogP contribution in [-0.4, -0.2) is 24.6 Å². The SMILES string of the molecule is COC1c2cc3c(cc2CCC1C(N)=O)C(=O)c1ccccc1C3=O. The van der Waals surface area contributed by atoms with Gasteiger partial charge < -0.3 is 10.5 Å². The highest BCUT2D eigenvalue weighted by Gasteiger charge is 2.37. The average Bonchev–Trinajstić information content (AvgIpc) is 2.63. The van der Waals surface area contributed by atoms with Crippen LogP contribution in [0.3, 0.4) is 0 Å². The van der Waals surface area contributed by atoms with Crippen molar-refractivity contribution in [2.75, 3.05) is 7.11 Å². The molecule has 4 rings (SSSR count). The number of carbonyl (C=O) groups is 3. The summed E-state index contributed by atoms with van der Waals surface area (Å²) in [6, 6.07) is 10.3. The first-order valence-corrected chi connectivity index (χ1v) is 8.20. The van der Waals surface area contributed by atoms with Gasteiger partial charge in [0, 0.05) is 29.4 Å². The van der Waals surface area contributed by atoms with Gasteiger partial charge in [0.05, 0.1) is 12.0 Å². The molecule has 2 aliphatic carbocycles. The van der Waals surface area contributed by atoms with Crippen molar-refractivity contribution in [3.63, 3.8) is 0 Å². The number of benzene rings is 2. The van der Waals surface area contributed by atoms with Crippen molar-refractivity contribution >= 4 is 17.5 Å². The molecule has 2 atom stereocenters. The number of ether oxygens (including phenoxy) is 1. The van der Waals surface area contributed by atoms with Crippen LogP contribution in [0.1, 0.15) is 55.5 Å². The zero-order chi connectivity index (χ0) is 17.7. The third-order valence-electron chi connectivity index (χ3n) is 5.20.